The highest BCUT2D eigenvalue weighted by Crippen LogP contribution is 2.45. The lowest BCUT2D eigenvalue weighted by atomic mass is 10.3. The number of aliphatic hydroxyl groups is 1. The van der Waals surface area contributed by atoms with Gasteiger partial charge in [-0.3, -0.25) is 0 Å². The fourth-order valence-corrected chi connectivity index (χ4v) is 3.01. The second-order valence-corrected chi connectivity index (χ2v) is 5.56. The molecule has 0 aromatic heterocycles. The van der Waals surface area contributed by atoms with Gasteiger partial charge in [-0.15, -0.1) is 0 Å². The Morgan fingerprint density at radius 2 is 1.71 bits per heavy atom. The van der Waals surface area contributed by atoms with E-state index in [1.807, 2.05) is 6.07 Å². The highest BCUT2D eigenvalue weighted by molar-refractivity contribution is 7.44. The zero-order chi connectivity index (χ0) is 13.3. The molecule has 5 nitrogen and oxygen atoms in total. The molecule has 1 unspecified atom stereocenters. The van der Waals surface area contributed by atoms with E-state index in [0.29, 0.717) is 25.1 Å². The summed E-state index contributed by atoms with van der Waals surface area (Å²) in [5, 5.41) is 17.3. The molecule has 0 bridgehead atoms. The molecule has 0 rings (SSSR count). The lowest BCUT2D eigenvalue weighted by molar-refractivity contribution is 0.147. The Hall–Kier alpha value is -0.240. The molecule has 0 amide bonds. The van der Waals surface area contributed by atoms with Crippen molar-refractivity contribution in [2.75, 3.05) is 19.8 Å². The summed E-state index contributed by atoms with van der Waals surface area (Å²) in [6.45, 7) is 8.90. The first-order chi connectivity index (χ1) is 8.04. The van der Waals surface area contributed by atoms with Crippen LogP contribution in [0.2, 0.25) is 0 Å². The largest absolute Gasteiger partial charge is 0.394 e. The maximum atomic E-state index is 8.80. The molecule has 17 heavy (non-hydrogen) atoms. The first-order valence-corrected chi connectivity index (χ1v) is 6.99. The smallest absolute Gasteiger partial charge is 0.259 e. The van der Waals surface area contributed by atoms with Crippen molar-refractivity contribution >= 4 is 8.53 Å². The zero-order valence-corrected chi connectivity index (χ0v) is 12.0. The van der Waals surface area contributed by atoms with Crippen LogP contribution in [0.3, 0.4) is 0 Å². The van der Waals surface area contributed by atoms with Gasteiger partial charge >= 0.3 is 0 Å². The van der Waals surface area contributed by atoms with Gasteiger partial charge < -0.3 is 14.2 Å². The Bertz CT molecular complexity index is 223. The Morgan fingerprint density at radius 3 is 2.12 bits per heavy atom. The number of hydrogen-bond donors (Lipinski definition) is 1. The summed E-state index contributed by atoms with van der Waals surface area (Å²) in [5.41, 5.74) is 0. The summed E-state index contributed by atoms with van der Waals surface area (Å²) >= 11 is 0. The van der Waals surface area contributed by atoms with E-state index in [9.17, 15) is 0 Å². The summed E-state index contributed by atoms with van der Waals surface area (Å²) in [6, 6.07) is 2.63. The van der Waals surface area contributed by atoms with Crippen molar-refractivity contribution in [2.24, 2.45) is 0 Å². The molecule has 0 spiro atoms. The van der Waals surface area contributed by atoms with Crippen LogP contribution in [-0.2, 0) is 9.05 Å². The topological polar surface area (TPSA) is 65.7 Å². The Kier molecular flexibility index (Phi) is 9.62. The molecule has 1 N–H and O–H groups in total. The standard InChI is InChI=1S/C11H23N2O3P/c1-10(2)13(11(3)4)17(16-9-7-14)15-8-5-6-12/h10-11,14H,5,7-9H2,1-4H3. The molecule has 6 heteroatoms. The molecule has 0 aromatic carbocycles. The SMILES string of the molecule is CC(C)N(C(C)C)P(OCCO)OCCC#N. The van der Waals surface area contributed by atoms with Crippen molar-refractivity contribution in [3.8, 4) is 6.07 Å². The second-order valence-electron chi connectivity index (χ2n) is 4.10. The van der Waals surface area contributed by atoms with Gasteiger partial charge in [0, 0.05) is 12.1 Å². The monoisotopic (exact) mass is 262 g/mol. The van der Waals surface area contributed by atoms with Crippen LogP contribution in [0.4, 0.5) is 0 Å². The van der Waals surface area contributed by atoms with Gasteiger partial charge in [0.15, 0.2) is 0 Å². The van der Waals surface area contributed by atoms with Crippen LogP contribution in [0.5, 0.6) is 0 Å². The molecule has 0 fully saturated rings. The van der Waals surface area contributed by atoms with E-state index in [1.54, 1.807) is 0 Å². The van der Waals surface area contributed by atoms with Crippen LogP contribution < -0.4 is 0 Å². The molecular formula is C11H23N2O3P. The van der Waals surface area contributed by atoms with Crippen molar-refractivity contribution in [3.63, 3.8) is 0 Å². The van der Waals surface area contributed by atoms with Crippen molar-refractivity contribution in [1.82, 2.24) is 4.67 Å². The van der Waals surface area contributed by atoms with Gasteiger partial charge in [-0.25, -0.2) is 4.67 Å². The molecule has 0 aromatic rings. The Morgan fingerprint density at radius 1 is 1.18 bits per heavy atom. The highest BCUT2D eigenvalue weighted by atomic mass is 31.2. The normalized spacial score (nSPS) is 13.4. The van der Waals surface area contributed by atoms with Crippen LogP contribution in [0.15, 0.2) is 0 Å². The van der Waals surface area contributed by atoms with Gasteiger partial charge in [-0.1, -0.05) is 0 Å². The molecule has 0 aliphatic carbocycles. The molecule has 0 heterocycles. The molecule has 1 atom stereocenters. The van der Waals surface area contributed by atoms with Crippen molar-refractivity contribution in [3.05, 3.63) is 0 Å². The second kappa shape index (κ2) is 9.76. The summed E-state index contributed by atoms with van der Waals surface area (Å²) in [4.78, 5) is 0. The first kappa shape index (κ1) is 16.8. The van der Waals surface area contributed by atoms with Crippen LogP contribution in [0.25, 0.3) is 0 Å². The van der Waals surface area contributed by atoms with E-state index < -0.39 is 8.53 Å². The predicted octanol–water partition coefficient (Wildman–Crippen LogP) is 2.27. The Balaban J connectivity index is 4.44. The van der Waals surface area contributed by atoms with E-state index in [0.717, 1.165) is 0 Å². The quantitative estimate of drug-likeness (QED) is 0.510. The minimum atomic E-state index is -1.20. The van der Waals surface area contributed by atoms with Gasteiger partial charge in [0.05, 0.1) is 32.3 Å². The van der Waals surface area contributed by atoms with E-state index in [1.165, 1.54) is 0 Å². The lowest BCUT2D eigenvalue weighted by Gasteiger charge is -2.35. The van der Waals surface area contributed by atoms with E-state index >= 15 is 0 Å². The zero-order valence-electron chi connectivity index (χ0n) is 11.1. The number of nitriles is 1. The van der Waals surface area contributed by atoms with Crippen molar-refractivity contribution in [2.45, 2.75) is 46.2 Å². The molecule has 0 aliphatic rings. The lowest BCUT2D eigenvalue weighted by Crippen LogP contribution is -2.33. The van der Waals surface area contributed by atoms with Crippen molar-refractivity contribution in [1.29, 1.82) is 5.26 Å². The van der Waals surface area contributed by atoms with Gasteiger partial charge in [-0.2, -0.15) is 5.26 Å². The summed E-state index contributed by atoms with van der Waals surface area (Å²) in [7, 11) is -1.20. The van der Waals surface area contributed by atoms with Gasteiger partial charge in [0.2, 0.25) is 0 Å². The number of nitrogens with zero attached hydrogens (tertiary/aromatic N) is 2. The first-order valence-electron chi connectivity index (χ1n) is 5.86. The van der Waals surface area contributed by atoms with Crippen LogP contribution in [-0.4, -0.2) is 41.7 Å². The van der Waals surface area contributed by atoms with Crippen LogP contribution >= 0.6 is 8.53 Å². The third kappa shape index (κ3) is 6.92. The molecule has 0 saturated carbocycles. The fraction of sp³-hybridized carbons (Fsp3) is 0.909. The van der Waals surface area contributed by atoms with Gasteiger partial charge in [0.1, 0.15) is 0 Å². The number of hydrogen-bond acceptors (Lipinski definition) is 5. The maximum absolute atomic E-state index is 8.80. The van der Waals surface area contributed by atoms with Gasteiger partial charge in [0.25, 0.3) is 8.53 Å². The predicted molar refractivity (Wildman–Crippen MR) is 68.3 cm³/mol. The van der Waals surface area contributed by atoms with Gasteiger partial charge in [-0.05, 0) is 27.7 Å². The average molecular weight is 262 g/mol. The highest BCUT2D eigenvalue weighted by Gasteiger charge is 2.26. The minimum Gasteiger partial charge on any atom is -0.394 e. The average Bonchev–Trinajstić information content (AvgIpc) is 2.24. The van der Waals surface area contributed by atoms with E-state index in [4.69, 9.17) is 19.4 Å². The molecule has 0 radical (unpaired) electrons. The van der Waals surface area contributed by atoms with Crippen LogP contribution in [0.1, 0.15) is 34.1 Å². The molecular weight excluding hydrogens is 239 g/mol. The van der Waals surface area contributed by atoms with E-state index in [-0.39, 0.29) is 13.2 Å². The third-order valence-electron chi connectivity index (χ3n) is 1.96. The Labute approximate surface area is 105 Å². The van der Waals surface area contributed by atoms with Crippen LogP contribution in [0, 0.1) is 11.3 Å². The molecule has 0 aliphatic heterocycles. The summed E-state index contributed by atoms with van der Waals surface area (Å²) in [5.74, 6) is 0. The van der Waals surface area contributed by atoms with E-state index in [2.05, 4.69) is 32.4 Å². The number of rotatable bonds is 9. The number of aliphatic hydroxyl groups excluding tert-OH is 1. The molecule has 100 valence electrons. The minimum absolute atomic E-state index is 0.0233. The molecule has 0 saturated heterocycles. The maximum Gasteiger partial charge on any atom is 0.259 e. The fourth-order valence-electron chi connectivity index (χ4n) is 1.43. The summed E-state index contributed by atoms with van der Waals surface area (Å²) < 4.78 is 13.3. The summed E-state index contributed by atoms with van der Waals surface area (Å²) in [6.07, 6.45) is 0.353. The van der Waals surface area contributed by atoms with Crippen molar-refractivity contribution < 1.29 is 14.2 Å². The third-order valence-corrected chi connectivity index (χ3v) is 4.06.